The highest BCUT2D eigenvalue weighted by molar-refractivity contribution is 5.94. The molecule has 5 nitrogen and oxygen atoms in total. The summed E-state index contributed by atoms with van der Waals surface area (Å²) in [5, 5.41) is 2.93. The molecule has 1 aliphatic rings. The van der Waals surface area contributed by atoms with Crippen LogP contribution in [-0.4, -0.2) is 28.4 Å². The van der Waals surface area contributed by atoms with Gasteiger partial charge >= 0.3 is 0 Å². The first-order valence-electron chi connectivity index (χ1n) is 10.3. The Kier molecular flexibility index (Phi) is 6.52. The molecular weight excluding hydrogens is 400 g/mol. The fourth-order valence-corrected chi connectivity index (χ4v) is 3.74. The largest absolute Gasteiger partial charge is 0.456 e. The van der Waals surface area contributed by atoms with Crippen molar-refractivity contribution < 1.29 is 18.3 Å². The number of aromatic nitrogens is 1. The lowest BCUT2D eigenvalue weighted by atomic mass is 10.00. The number of carbonyl (C=O) groups is 1. The van der Waals surface area contributed by atoms with Crippen LogP contribution >= 0.6 is 0 Å². The molecule has 31 heavy (non-hydrogen) atoms. The summed E-state index contributed by atoms with van der Waals surface area (Å²) in [5.41, 5.74) is 0.905. The van der Waals surface area contributed by atoms with Crippen LogP contribution in [0.2, 0.25) is 0 Å². The molecule has 2 heterocycles. The lowest BCUT2D eigenvalue weighted by Crippen LogP contribution is -2.46. The normalized spacial score (nSPS) is 16.6. The van der Waals surface area contributed by atoms with Gasteiger partial charge in [0.1, 0.15) is 11.5 Å². The lowest BCUT2D eigenvalue weighted by Gasteiger charge is -2.34. The summed E-state index contributed by atoms with van der Waals surface area (Å²) in [7, 11) is 0. The number of carbonyl (C=O) groups excluding carboxylic acids is 1. The third kappa shape index (κ3) is 5.24. The van der Waals surface area contributed by atoms with Crippen LogP contribution in [-0.2, 0) is 11.3 Å². The number of ether oxygens (including phenoxy) is 1. The molecule has 2 aromatic carbocycles. The number of likely N-dealkylation sites (tertiary alicyclic amines) is 1. The van der Waals surface area contributed by atoms with Crippen molar-refractivity contribution in [2.24, 2.45) is 0 Å². The van der Waals surface area contributed by atoms with Crippen LogP contribution in [0.5, 0.6) is 11.5 Å². The molecule has 1 atom stereocenters. The van der Waals surface area contributed by atoms with Crippen LogP contribution < -0.4 is 10.1 Å². The van der Waals surface area contributed by atoms with Crippen LogP contribution in [0.15, 0.2) is 67.0 Å². The third-order valence-electron chi connectivity index (χ3n) is 5.31. The average Bonchev–Trinajstić information content (AvgIpc) is 2.79. The second-order valence-corrected chi connectivity index (χ2v) is 7.50. The standard InChI is InChI=1S/C24H23F2N3O2/c25-21-7-3-5-17(23(21)26)16-29-14-2-1-8-22(29)24(30)28-18-9-11-19(12-10-18)31-20-6-4-13-27-15-20/h3-7,9-13,15,22H,1-2,8,14,16H2,(H,28,30)/t22-/m1/s1. The number of rotatable bonds is 6. The number of nitrogens with one attached hydrogen (secondary N) is 1. The van der Waals surface area contributed by atoms with Gasteiger partial charge in [0.2, 0.25) is 5.91 Å². The van der Waals surface area contributed by atoms with E-state index in [4.69, 9.17) is 4.74 Å². The maximum Gasteiger partial charge on any atom is 0.241 e. The summed E-state index contributed by atoms with van der Waals surface area (Å²) >= 11 is 0. The smallest absolute Gasteiger partial charge is 0.241 e. The van der Waals surface area contributed by atoms with E-state index in [2.05, 4.69) is 10.3 Å². The van der Waals surface area contributed by atoms with E-state index >= 15 is 0 Å². The number of halogens is 2. The molecule has 0 bridgehead atoms. The highest BCUT2D eigenvalue weighted by atomic mass is 19.2. The minimum atomic E-state index is -0.871. The first kappa shape index (κ1) is 20.9. The maximum atomic E-state index is 14.1. The van der Waals surface area contributed by atoms with Crippen LogP contribution in [0, 0.1) is 11.6 Å². The molecular formula is C24H23F2N3O2. The van der Waals surface area contributed by atoms with E-state index in [0.717, 1.165) is 18.9 Å². The summed E-state index contributed by atoms with van der Waals surface area (Å²) in [6, 6.07) is 14.4. The SMILES string of the molecule is O=C(Nc1ccc(Oc2cccnc2)cc1)[C@H]1CCCCN1Cc1cccc(F)c1F. The van der Waals surface area contributed by atoms with Crippen LogP contribution in [0.4, 0.5) is 14.5 Å². The number of nitrogens with zero attached hydrogens (tertiary/aromatic N) is 2. The van der Waals surface area contributed by atoms with Crippen molar-refractivity contribution in [1.29, 1.82) is 0 Å². The molecule has 7 heteroatoms. The van der Waals surface area contributed by atoms with Gasteiger partial charge in [0.15, 0.2) is 11.6 Å². The number of piperidine rings is 1. The van der Waals surface area contributed by atoms with Crippen molar-refractivity contribution in [3.63, 3.8) is 0 Å². The minimum Gasteiger partial charge on any atom is -0.456 e. The van der Waals surface area contributed by atoms with Crippen molar-refractivity contribution in [1.82, 2.24) is 9.88 Å². The van der Waals surface area contributed by atoms with E-state index in [1.807, 2.05) is 11.0 Å². The van der Waals surface area contributed by atoms with E-state index in [9.17, 15) is 13.6 Å². The number of pyridine rings is 1. The Hall–Kier alpha value is -3.32. The van der Waals surface area contributed by atoms with Crippen molar-refractivity contribution in [2.45, 2.75) is 31.8 Å². The Morgan fingerprint density at radius 1 is 1.06 bits per heavy atom. The lowest BCUT2D eigenvalue weighted by molar-refractivity contribution is -0.122. The molecule has 1 amide bonds. The summed E-state index contributed by atoms with van der Waals surface area (Å²) in [5.74, 6) is -0.619. The van der Waals surface area contributed by atoms with Crippen molar-refractivity contribution in [3.05, 3.63) is 84.2 Å². The zero-order valence-corrected chi connectivity index (χ0v) is 16.9. The summed E-state index contributed by atoms with van der Waals surface area (Å²) in [4.78, 5) is 18.9. The average molecular weight is 423 g/mol. The molecule has 1 saturated heterocycles. The van der Waals surface area contributed by atoms with Crippen LogP contribution in [0.1, 0.15) is 24.8 Å². The molecule has 0 radical (unpaired) electrons. The first-order chi connectivity index (χ1) is 15.1. The van der Waals surface area contributed by atoms with Gasteiger partial charge in [-0.1, -0.05) is 18.6 Å². The highest BCUT2D eigenvalue weighted by Crippen LogP contribution is 2.25. The fraction of sp³-hybridized carbons (Fsp3) is 0.250. The monoisotopic (exact) mass is 423 g/mol. The molecule has 1 aromatic heterocycles. The van der Waals surface area contributed by atoms with Crippen molar-refractivity contribution in [3.8, 4) is 11.5 Å². The second-order valence-electron chi connectivity index (χ2n) is 7.50. The van der Waals surface area contributed by atoms with E-state index in [1.54, 1.807) is 48.8 Å². The van der Waals surface area contributed by atoms with Crippen molar-refractivity contribution >= 4 is 11.6 Å². The van der Waals surface area contributed by atoms with E-state index in [1.165, 1.54) is 6.07 Å². The minimum absolute atomic E-state index is 0.155. The molecule has 4 rings (SSSR count). The van der Waals surface area contributed by atoms with Gasteiger partial charge in [-0.05, 0) is 61.9 Å². The van der Waals surface area contributed by atoms with Gasteiger partial charge in [0.05, 0.1) is 12.2 Å². The van der Waals surface area contributed by atoms with Gasteiger partial charge in [-0.2, -0.15) is 0 Å². The molecule has 1 aliphatic heterocycles. The van der Waals surface area contributed by atoms with E-state index in [0.29, 0.717) is 30.2 Å². The number of benzene rings is 2. The molecule has 160 valence electrons. The summed E-state index contributed by atoms with van der Waals surface area (Å²) in [6.45, 7) is 0.853. The molecule has 1 N–H and O–H groups in total. The molecule has 0 unspecified atom stereocenters. The number of anilines is 1. The Morgan fingerprint density at radius 3 is 2.68 bits per heavy atom. The van der Waals surface area contributed by atoms with Crippen LogP contribution in [0.25, 0.3) is 0 Å². The van der Waals surface area contributed by atoms with E-state index < -0.39 is 17.7 Å². The third-order valence-corrected chi connectivity index (χ3v) is 5.31. The topological polar surface area (TPSA) is 54.5 Å². The van der Waals surface area contributed by atoms with Gasteiger partial charge < -0.3 is 10.1 Å². The van der Waals surface area contributed by atoms with E-state index in [-0.39, 0.29) is 18.0 Å². The molecule has 0 spiro atoms. The second kappa shape index (κ2) is 9.66. The molecule has 1 fully saturated rings. The molecule has 3 aromatic rings. The Labute approximate surface area is 179 Å². The van der Waals surface area contributed by atoms with Gasteiger partial charge in [-0.3, -0.25) is 14.7 Å². The first-order valence-corrected chi connectivity index (χ1v) is 10.3. The maximum absolute atomic E-state index is 14.1. The quantitative estimate of drug-likeness (QED) is 0.596. The fourth-order valence-electron chi connectivity index (χ4n) is 3.74. The van der Waals surface area contributed by atoms with Crippen molar-refractivity contribution in [2.75, 3.05) is 11.9 Å². The zero-order valence-electron chi connectivity index (χ0n) is 16.9. The van der Waals surface area contributed by atoms with Crippen LogP contribution in [0.3, 0.4) is 0 Å². The highest BCUT2D eigenvalue weighted by Gasteiger charge is 2.29. The Balaban J connectivity index is 1.40. The van der Waals surface area contributed by atoms with Gasteiger partial charge in [0, 0.05) is 24.0 Å². The Bertz CT molecular complexity index is 1030. The van der Waals surface area contributed by atoms with Gasteiger partial charge in [-0.15, -0.1) is 0 Å². The summed E-state index contributed by atoms with van der Waals surface area (Å²) < 4.78 is 33.4. The summed E-state index contributed by atoms with van der Waals surface area (Å²) in [6.07, 6.45) is 5.79. The zero-order chi connectivity index (χ0) is 21.6. The molecule has 0 aliphatic carbocycles. The number of hydrogen-bond donors (Lipinski definition) is 1. The molecule has 0 saturated carbocycles. The van der Waals surface area contributed by atoms with Gasteiger partial charge in [-0.25, -0.2) is 8.78 Å². The predicted octanol–water partition coefficient (Wildman–Crippen LogP) is 5.15. The Morgan fingerprint density at radius 2 is 1.90 bits per heavy atom. The number of amides is 1. The van der Waals surface area contributed by atoms with Gasteiger partial charge in [0.25, 0.3) is 0 Å². The predicted molar refractivity (Wildman–Crippen MR) is 114 cm³/mol. The number of hydrogen-bond acceptors (Lipinski definition) is 4.